The van der Waals surface area contributed by atoms with Crippen molar-refractivity contribution in [3.05, 3.63) is 54.7 Å². The molecule has 3 rings (SSSR count). The van der Waals surface area contributed by atoms with Crippen LogP contribution in [0.5, 0.6) is 11.5 Å². The Balaban J connectivity index is 1.88. The van der Waals surface area contributed by atoms with Crippen molar-refractivity contribution in [3.63, 3.8) is 0 Å². The number of aryl methyl sites for hydroxylation is 1. The second-order valence-electron chi connectivity index (χ2n) is 6.43. The Bertz CT molecular complexity index is 1140. The van der Waals surface area contributed by atoms with Gasteiger partial charge in [-0.25, -0.2) is 0 Å². The standard InChI is InChI=1S/C20H23N3O4S/c1-4-5-6-7-10-27-15-9-8-14(11-16(15)26-3)12-17-19(25)23-20(28-17)21-18(24)13(2)22-23/h8-9,11-12H,4-7,10H2,1-3H3. The van der Waals surface area contributed by atoms with Gasteiger partial charge in [-0.05, 0) is 37.1 Å². The third-order valence-electron chi connectivity index (χ3n) is 4.28. The lowest BCUT2D eigenvalue weighted by Crippen LogP contribution is -2.27. The highest BCUT2D eigenvalue weighted by atomic mass is 32.1. The van der Waals surface area contributed by atoms with Crippen molar-refractivity contribution in [3.8, 4) is 11.5 Å². The Morgan fingerprint density at radius 1 is 1.18 bits per heavy atom. The second kappa shape index (κ2) is 8.97. The largest absolute Gasteiger partial charge is 0.493 e. The van der Waals surface area contributed by atoms with Crippen molar-refractivity contribution in [1.82, 2.24) is 14.6 Å². The molecule has 0 saturated carbocycles. The molecule has 28 heavy (non-hydrogen) atoms. The van der Waals surface area contributed by atoms with E-state index < -0.39 is 5.56 Å². The number of nitrogens with zero attached hydrogens (tertiary/aromatic N) is 3. The number of aromatic nitrogens is 3. The smallest absolute Gasteiger partial charge is 0.295 e. The van der Waals surface area contributed by atoms with Crippen molar-refractivity contribution in [2.45, 2.75) is 39.5 Å². The van der Waals surface area contributed by atoms with Crippen LogP contribution in [0.25, 0.3) is 11.0 Å². The lowest BCUT2D eigenvalue weighted by Gasteiger charge is -2.11. The molecule has 7 nitrogen and oxygen atoms in total. The van der Waals surface area contributed by atoms with Gasteiger partial charge in [0.25, 0.3) is 11.1 Å². The van der Waals surface area contributed by atoms with Gasteiger partial charge in [0.05, 0.1) is 18.2 Å². The van der Waals surface area contributed by atoms with Crippen molar-refractivity contribution in [1.29, 1.82) is 0 Å². The number of ether oxygens (including phenoxy) is 2. The molecule has 148 valence electrons. The SMILES string of the molecule is CCCCCCOc1ccc(C=c2sc3nc(=O)c(C)nn3c2=O)cc1OC. The van der Waals surface area contributed by atoms with Gasteiger partial charge in [-0.3, -0.25) is 9.59 Å². The Morgan fingerprint density at radius 2 is 2.00 bits per heavy atom. The molecule has 0 aliphatic carbocycles. The van der Waals surface area contributed by atoms with E-state index in [1.807, 2.05) is 18.2 Å². The van der Waals surface area contributed by atoms with E-state index in [9.17, 15) is 9.59 Å². The van der Waals surface area contributed by atoms with Crippen LogP contribution >= 0.6 is 11.3 Å². The van der Waals surface area contributed by atoms with E-state index in [0.29, 0.717) is 22.6 Å². The van der Waals surface area contributed by atoms with Crippen LogP contribution < -0.4 is 25.1 Å². The minimum atomic E-state index is -0.421. The van der Waals surface area contributed by atoms with Gasteiger partial charge in [0.2, 0.25) is 4.96 Å². The van der Waals surface area contributed by atoms with Crippen molar-refractivity contribution >= 4 is 22.4 Å². The van der Waals surface area contributed by atoms with E-state index in [0.717, 1.165) is 34.3 Å². The van der Waals surface area contributed by atoms with Crippen LogP contribution in [0.15, 0.2) is 27.8 Å². The summed E-state index contributed by atoms with van der Waals surface area (Å²) in [5, 5.41) is 4.01. The summed E-state index contributed by atoms with van der Waals surface area (Å²) in [5.74, 6) is 1.29. The zero-order valence-electron chi connectivity index (χ0n) is 16.2. The van der Waals surface area contributed by atoms with E-state index in [1.165, 1.54) is 19.8 Å². The van der Waals surface area contributed by atoms with Gasteiger partial charge in [0.1, 0.15) is 5.69 Å². The summed E-state index contributed by atoms with van der Waals surface area (Å²) in [6, 6.07) is 5.52. The molecule has 3 aromatic rings. The molecule has 0 fully saturated rings. The van der Waals surface area contributed by atoms with Crippen LogP contribution in [0.4, 0.5) is 0 Å². The van der Waals surface area contributed by atoms with Crippen molar-refractivity contribution in [2.75, 3.05) is 13.7 Å². The summed E-state index contributed by atoms with van der Waals surface area (Å²) in [6.45, 7) is 4.35. The Morgan fingerprint density at radius 3 is 2.75 bits per heavy atom. The van der Waals surface area contributed by atoms with Crippen molar-refractivity contribution in [2.24, 2.45) is 0 Å². The van der Waals surface area contributed by atoms with Gasteiger partial charge >= 0.3 is 0 Å². The summed E-state index contributed by atoms with van der Waals surface area (Å²) >= 11 is 1.13. The fraction of sp³-hybridized carbons (Fsp3) is 0.400. The first kappa shape index (κ1) is 20.0. The fourth-order valence-corrected chi connectivity index (χ4v) is 3.65. The first-order valence-corrected chi connectivity index (χ1v) is 10.1. The van der Waals surface area contributed by atoms with Crippen molar-refractivity contribution < 1.29 is 9.47 Å². The summed E-state index contributed by atoms with van der Waals surface area (Å²) in [5.41, 5.74) is 0.264. The molecule has 0 saturated heterocycles. The molecular weight excluding hydrogens is 378 g/mol. The molecule has 0 spiro atoms. The van der Waals surface area contributed by atoms with Crippen LogP contribution in [0, 0.1) is 6.92 Å². The maximum absolute atomic E-state index is 12.5. The van der Waals surface area contributed by atoms with Gasteiger partial charge < -0.3 is 9.47 Å². The quantitative estimate of drug-likeness (QED) is 0.539. The highest BCUT2D eigenvalue weighted by Crippen LogP contribution is 2.28. The van der Waals surface area contributed by atoms with Crippen LogP contribution in [0.2, 0.25) is 0 Å². The first-order valence-electron chi connectivity index (χ1n) is 9.26. The van der Waals surface area contributed by atoms with Crippen LogP contribution in [0.3, 0.4) is 0 Å². The zero-order chi connectivity index (χ0) is 20.1. The minimum Gasteiger partial charge on any atom is -0.493 e. The first-order chi connectivity index (χ1) is 13.5. The monoisotopic (exact) mass is 401 g/mol. The highest BCUT2D eigenvalue weighted by molar-refractivity contribution is 7.15. The molecule has 0 amide bonds. The number of hydrogen-bond donors (Lipinski definition) is 0. The Labute approximate surface area is 166 Å². The molecule has 0 N–H and O–H groups in total. The summed E-state index contributed by atoms with van der Waals surface area (Å²) in [7, 11) is 1.59. The fourth-order valence-electron chi connectivity index (χ4n) is 2.74. The molecule has 0 aliphatic heterocycles. The molecule has 2 heterocycles. The molecule has 0 atom stereocenters. The molecule has 0 unspecified atom stereocenters. The predicted octanol–water partition coefficient (Wildman–Crippen LogP) is 2.34. The molecule has 1 aromatic carbocycles. The van der Waals surface area contributed by atoms with Gasteiger partial charge in [0.15, 0.2) is 11.5 Å². The van der Waals surface area contributed by atoms with E-state index in [-0.39, 0.29) is 16.2 Å². The number of benzene rings is 1. The Hall–Kier alpha value is -2.74. The molecular formula is C20H23N3O4S. The third-order valence-corrected chi connectivity index (χ3v) is 5.24. The van der Waals surface area contributed by atoms with Gasteiger partial charge in [0, 0.05) is 0 Å². The predicted molar refractivity (Wildman–Crippen MR) is 110 cm³/mol. The van der Waals surface area contributed by atoms with Gasteiger partial charge in [-0.2, -0.15) is 14.6 Å². The molecule has 2 aromatic heterocycles. The zero-order valence-corrected chi connectivity index (χ0v) is 17.0. The van der Waals surface area contributed by atoms with E-state index in [1.54, 1.807) is 13.2 Å². The minimum absolute atomic E-state index is 0.195. The third kappa shape index (κ3) is 4.39. The van der Waals surface area contributed by atoms with Gasteiger partial charge in [-0.1, -0.05) is 43.6 Å². The van der Waals surface area contributed by atoms with Crippen LogP contribution in [-0.2, 0) is 0 Å². The topological polar surface area (TPSA) is 82.8 Å². The lowest BCUT2D eigenvalue weighted by molar-refractivity contribution is 0.285. The van der Waals surface area contributed by atoms with E-state index in [4.69, 9.17) is 9.47 Å². The highest BCUT2D eigenvalue weighted by Gasteiger charge is 2.09. The maximum Gasteiger partial charge on any atom is 0.295 e. The number of fused-ring (bicyclic) bond motifs is 1. The van der Waals surface area contributed by atoms with E-state index in [2.05, 4.69) is 17.0 Å². The lowest BCUT2D eigenvalue weighted by atomic mass is 10.2. The summed E-state index contributed by atoms with van der Waals surface area (Å²) < 4.78 is 12.9. The number of rotatable bonds is 8. The number of thiazole rings is 1. The molecule has 0 aliphatic rings. The molecule has 8 heteroatoms. The molecule has 0 radical (unpaired) electrons. The number of hydrogen-bond acceptors (Lipinski definition) is 7. The second-order valence-corrected chi connectivity index (χ2v) is 7.44. The normalized spacial score (nSPS) is 11.9. The molecule has 0 bridgehead atoms. The number of unbranched alkanes of at least 4 members (excludes halogenated alkanes) is 3. The maximum atomic E-state index is 12.5. The number of methoxy groups -OCH3 is 1. The summed E-state index contributed by atoms with van der Waals surface area (Å²) in [4.78, 5) is 28.4. The average molecular weight is 401 g/mol. The van der Waals surface area contributed by atoms with E-state index >= 15 is 0 Å². The summed E-state index contributed by atoms with van der Waals surface area (Å²) in [6.07, 6.45) is 6.27. The Kier molecular flexibility index (Phi) is 6.41. The van der Waals surface area contributed by atoms with Crippen LogP contribution in [-0.4, -0.2) is 28.3 Å². The van der Waals surface area contributed by atoms with Crippen LogP contribution in [0.1, 0.15) is 43.9 Å². The average Bonchev–Trinajstić information content (AvgIpc) is 2.97. The van der Waals surface area contributed by atoms with Gasteiger partial charge in [-0.15, -0.1) is 0 Å².